The van der Waals surface area contributed by atoms with Gasteiger partial charge in [0.15, 0.2) is 0 Å². The lowest BCUT2D eigenvalue weighted by Crippen LogP contribution is -2.12. The molecule has 0 unspecified atom stereocenters. The molecule has 0 saturated heterocycles. The van der Waals surface area contributed by atoms with Gasteiger partial charge in [-0.2, -0.15) is 0 Å². The standard InChI is InChI=1S/C13H17N3O2/c1-8-7-9(3-4-11(8)18-2)12-10(5-6-14)13(17)16-15-12/h3-4,7H,5-6,14H2,1-2H3,(H2,15,16,17). The second kappa shape index (κ2) is 5.10. The molecule has 0 atom stereocenters. The first-order valence-electron chi connectivity index (χ1n) is 5.82. The Bertz CT molecular complexity index is 599. The number of nitrogens with one attached hydrogen (secondary N) is 2. The summed E-state index contributed by atoms with van der Waals surface area (Å²) in [6.45, 7) is 2.42. The van der Waals surface area contributed by atoms with Crippen molar-refractivity contribution in [2.24, 2.45) is 5.73 Å². The van der Waals surface area contributed by atoms with Crippen LogP contribution in [0.1, 0.15) is 11.1 Å². The highest BCUT2D eigenvalue weighted by Crippen LogP contribution is 2.25. The van der Waals surface area contributed by atoms with Crippen molar-refractivity contribution < 1.29 is 4.74 Å². The molecule has 4 N–H and O–H groups in total. The van der Waals surface area contributed by atoms with Gasteiger partial charge in [-0.1, -0.05) is 0 Å². The molecule has 2 rings (SSSR count). The third-order valence-electron chi connectivity index (χ3n) is 2.95. The van der Waals surface area contributed by atoms with Gasteiger partial charge in [-0.15, -0.1) is 0 Å². The van der Waals surface area contributed by atoms with Crippen molar-refractivity contribution in [2.45, 2.75) is 13.3 Å². The fourth-order valence-corrected chi connectivity index (χ4v) is 2.05. The molecular weight excluding hydrogens is 230 g/mol. The third-order valence-corrected chi connectivity index (χ3v) is 2.95. The zero-order chi connectivity index (χ0) is 13.1. The highest BCUT2D eigenvalue weighted by Gasteiger charge is 2.12. The number of aromatic amines is 2. The average molecular weight is 247 g/mol. The average Bonchev–Trinajstić information content (AvgIpc) is 2.72. The quantitative estimate of drug-likeness (QED) is 0.758. The summed E-state index contributed by atoms with van der Waals surface area (Å²) in [5, 5.41) is 5.51. The maximum atomic E-state index is 11.6. The Morgan fingerprint density at radius 1 is 1.33 bits per heavy atom. The minimum Gasteiger partial charge on any atom is -0.496 e. The first-order valence-corrected chi connectivity index (χ1v) is 5.82. The van der Waals surface area contributed by atoms with Crippen molar-refractivity contribution in [3.05, 3.63) is 39.7 Å². The normalized spacial score (nSPS) is 10.6. The highest BCUT2D eigenvalue weighted by molar-refractivity contribution is 5.65. The summed E-state index contributed by atoms with van der Waals surface area (Å²) < 4.78 is 5.22. The van der Waals surface area contributed by atoms with Crippen LogP contribution >= 0.6 is 0 Å². The Morgan fingerprint density at radius 3 is 2.72 bits per heavy atom. The van der Waals surface area contributed by atoms with Crippen LogP contribution in [0.15, 0.2) is 23.0 Å². The summed E-state index contributed by atoms with van der Waals surface area (Å²) >= 11 is 0. The second-order valence-electron chi connectivity index (χ2n) is 4.16. The molecule has 0 aliphatic rings. The number of hydrogen-bond donors (Lipinski definition) is 3. The van der Waals surface area contributed by atoms with Gasteiger partial charge in [0.2, 0.25) is 0 Å². The van der Waals surface area contributed by atoms with Crippen LogP contribution in [0.5, 0.6) is 5.75 Å². The number of methoxy groups -OCH3 is 1. The minimum atomic E-state index is -0.107. The van der Waals surface area contributed by atoms with Crippen molar-refractivity contribution in [3.8, 4) is 17.0 Å². The number of rotatable bonds is 4. The van der Waals surface area contributed by atoms with Gasteiger partial charge >= 0.3 is 0 Å². The summed E-state index contributed by atoms with van der Waals surface area (Å²) in [7, 11) is 1.64. The molecule has 1 heterocycles. The van der Waals surface area contributed by atoms with Gasteiger partial charge in [-0.05, 0) is 43.7 Å². The maximum absolute atomic E-state index is 11.6. The van der Waals surface area contributed by atoms with E-state index in [0.717, 1.165) is 22.6 Å². The predicted molar refractivity (Wildman–Crippen MR) is 70.9 cm³/mol. The summed E-state index contributed by atoms with van der Waals surface area (Å²) in [6, 6.07) is 5.80. The van der Waals surface area contributed by atoms with Crippen molar-refractivity contribution >= 4 is 0 Å². The van der Waals surface area contributed by atoms with Crippen molar-refractivity contribution in [1.82, 2.24) is 10.2 Å². The Balaban J connectivity index is 2.49. The van der Waals surface area contributed by atoms with E-state index in [4.69, 9.17) is 10.5 Å². The molecule has 0 fully saturated rings. The van der Waals surface area contributed by atoms with E-state index in [1.807, 2.05) is 25.1 Å². The maximum Gasteiger partial charge on any atom is 0.267 e. The predicted octanol–water partition coefficient (Wildman–Crippen LogP) is 1.19. The molecule has 0 spiro atoms. The van der Waals surface area contributed by atoms with E-state index in [9.17, 15) is 4.79 Å². The van der Waals surface area contributed by atoms with Crippen molar-refractivity contribution in [3.63, 3.8) is 0 Å². The molecule has 0 saturated carbocycles. The molecule has 1 aromatic heterocycles. The van der Waals surface area contributed by atoms with Gasteiger partial charge in [-0.25, -0.2) is 0 Å². The zero-order valence-corrected chi connectivity index (χ0v) is 10.5. The van der Waals surface area contributed by atoms with E-state index in [-0.39, 0.29) is 5.56 Å². The SMILES string of the molecule is COc1ccc(-c2[nH][nH]c(=O)c2CCN)cc1C. The van der Waals surface area contributed by atoms with Crippen LogP contribution in [0.25, 0.3) is 11.3 Å². The smallest absolute Gasteiger partial charge is 0.267 e. The number of hydrogen-bond acceptors (Lipinski definition) is 3. The molecule has 0 aliphatic carbocycles. The van der Waals surface area contributed by atoms with Gasteiger partial charge in [-0.3, -0.25) is 15.0 Å². The van der Waals surface area contributed by atoms with Crippen LogP contribution in [-0.4, -0.2) is 23.9 Å². The van der Waals surface area contributed by atoms with E-state index in [0.29, 0.717) is 18.5 Å². The van der Waals surface area contributed by atoms with Crippen LogP contribution in [0.2, 0.25) is 0 Å². The lowest BCUT2D eigenvalue weighted by molar-refractivity contribution is 0.412. The lowest BCUT2D eigenvalue weighted by Gasteiger charge is -2.07. The van der Waals surface area contributed by atoms with Crippen LogP contribution in [0.3, 0.4) is 0 Å². The topological polar surface area (TPSA) is 83.9 Å². The molecule has 0 bridgehead atoms. The van der Waals surface area contributed by atoms with E-state index in [2.05, 4.69) is 10.2 Å². The Morgan fingerprint density at radius 2 is 2.11 bits per heavy atom. The van der Waals surface area contributed by atoms with Gasteiger partial charge in [0.1, 0.15) is 5.75 Å². The van der Waals surface area contributed by atoms with Crippen LogP contribution in [0.4, 0.5) is 0 Å². The number of H-pyrrole nitrogens is 2. The number of aryl methyl sites for hydroxylation is 1. The van der Waals surface area contributed by atoms with Crippen LogP contribution < -0.4 is 16.0 Å². The Hall–Kier alpha value is -2.01. The van der Waals surface area contributed by atoms with Crippen LogP contribution in [-0.2, 0) is 6.42 Å². The minimum absolute atomic E-state index is 0.107. The number of ether oxygens (including phenoxy) is 1. The van der Waals surface area contributed by atoms with E-state index in [1.54, 1.807) is 7.11 Å². The fourth-order valence-electron chi connectivity index (χ4n) is 2.05. The van der Waals surface area contributed by atoms with Crippen molar-refractivity contribution in [2.75, 3.05) is 13.7 Å². The van der Waals surface area contributed by atoms with Crippen molar-refractivity contribution in [1.29, 1.82) is 0 Å². The number of benzene rings is 1. The molecule has 5 heteroatoms. The molecule has 2 aromatic rings. The molecule has 0 radical (unpaired) electrons. The summed E-state index contributed by atoms with van der Waals surface area (Å²) in [4.78, 5) is 11.6. The van der Waals surface area contributed by atoms with Gasteiger partial charge in [0.05, 0.1) is 12.8 Å². The molecule has 1 aromatic carbocycles. The Kier molecular flexibility index (Phi) is 3.53. The molecule has 0 aliphatic heterocycles. The molecule has 5 nitrogen and oxygen atoms in total. The van der Waals surface area contributed by atoms with E-state index < -0.39 is 0 Å². The van der Waals surface area contributed by atoms with E-state index >= 15 is 0 Å². The second-order valence-corrected chi connectivity index (χ2v) is 4.16. The Labute approximate surface area is 105 Å². The van der Waals surface area contributed by atoms with Gasteiger partial charge < -0.3 is 10.5 Å². The fraction of sp³-hybridized carbons (Fsp3) is 0.308. The monoisotopic (exact) mass is 247 g/mol. The number of aromatic nitrogens is 2. The zero-order valence-electron chi connectivity index (χ0n) is 10.5. The molecule has 18 heavy (non-hydrogen) atoms. The summed E-state index contributed by atoms with van der Waals surface area (Å²) in [6.07, 6.45) is 0.555. The van der Waals surface area contributed by atoms with Gasteiger partial charge in [0, 0.05) is 11.1 Å². The molecule has 96 valence electrons. The molecular formula is C13H17N3O2. The largest absolute Gasteiger partial charge is 0.496 e. The summed E-state index contributed by atoms with van der Waals surface area (Å²) in [5.74, 6) is 0.831. The first-order chi connectivity index (χ1) is 8.67. The molecule has 0 amide bonds. The van der Waals surface area contributed by atoms with E-state index in [1.165, 1.54) is 0 Å². The van der Waals surface area contributed by atoms with Gasteiger partial charge in [0.25, 0.3) is 5.56 Å². The third kappa shape index (κ3) is 2.17. The summed E-state index contributed by atoms with van der Waals surface area (Å²) in [5.41, 5.74) is 8.89. The number of nitrogens with two attached hydrogens (primary N) is 1. The van der Waals surface area contributed by atoms with Crippen LogP contribution in [0, 0.1) is 6.92 Å². The highest BCUT2D eigenvalue weighted by atomic mass is 16.5. The lowest BCUT2D eigenvalue weighted by atomic mass is 10.0. The first kappa shape index (κ1) is 12.4.